The first-order chi connectivity index (χ1) is 6.70. The summed E-state index contributed by atoms with van der Waals surface area (Å²) in [7, 11) is 0. The van der Waals surface area contributed by atoms with E-state index in [1.165, 1.54) is 12.3 Å². The van der Waals surface area contributed by atoms with Crippen LogP contribution < -0.4 is 5.73 Å². The van der Waals surface area contributed by atoms with Crippen molar-refractivity contribution in [2.24, 2.45) is 0 Å². The van der Waals surface area contributed by atoms with Crippen molar-refractivity contribution in [2.75, 3.05) is 5.73 Å². The quantitative estimate of drug-likeness (QED) is 0.854. The van der Waals surface area contributed by atoms with Crippen molar-refractivity contribution >= 4 is 21.8 Å². The van der Waals surface area contributed by atoms with Crippen LogP contribution in [0, 0.1) is 5.82 Å². The Morgan fingerprint density at radius 3 is 2.79 bits per heavy atom. The maximum Gasteiger partial charge on any atom is 0.229 e. The molecule has 0 saturated heterocycles. The molecule has 0 unspecified atom stereocenters. The number of hydrogen-bond acceptors (Lipinski definition) is 3. The van der Waals surface area contributed by atoms with E-state index in [2.05, 4.69) is 21.1 Å². The monoisotopic (exact) mass is 256 g/mol. The first kappa shape index (κ1) is 9.21. The van der Waals surface area contributed by atoms with Gasteiger partial charge < -0.3 is 10.3 Å². The summed E-state index contributed by atoms with van der Waals surface area (Å²) in [6, 6.07) is 4.69. The van der Waals surface area contributed by atoms with Gasteiger partial charge in [-0.3, -0.25) is 0 Å². The number of nitrogen functional groups attached to an aromatic ring is 1. The van der Waals surface area contributed by atoms with Gasteiger partial charge in [0.25, 0.3) is 0 Å². The minimum Gasteiger partial charge on any atom is -0.367 e. The van der Waals surface area contributed by atoms with Crippen molar-refractivity contribution in [1.82, 2.24) is 5.16 Å². The Hall–Kier alpha value is -1.36. The molecular formula is C9H6BrFN2O. The average molecular weight is 257 g/mol. The highest BCUT2D eigenvalue weighted by atomic mass is 79.9. The molecule has 0 bridgehead atoms. The van der Waals surface area contributed by atoms with Gasteiger partial charge in [-0.05, 0) is 22.0 Å². The van der Waals surface area contributed by atoms with Crippen molar-refractivity contribution < 1.29 is 8.91 Å². The Kier molecular flexibility index (Phi) is 2.25. The van der Waals surface area contributed by atoms with Gasteiger partial charge in [0.15, 0.2) is 0 Å². The number of aromatic nitrogens is 1. The summed E-state index contributed by atoms with van der Waals surface area (Å²) in [6.07, 6.45) is 1.45. The summed E-state index contributed by atoms with van der Waals surface area (Å²) in [4.78, 5) is 0. The van der Waals surface area contributed by atoms with Gasteiger partial charge in [0.1, 0.15) is 5.82 Å². The van der Waals surface area contributed by atoms with Crippen molar-refractivity contribution in [2.45, 2.75) is 0 Å². The molecule has 0 aliphatic rings. The van der Waals surface area contributed by atoms with Crippen LogP contribution >= 0.6 is 15.9 Å². The van der Waals surface area contributed by atoms with Gasteiger partial charge in [-0.25, -0.2) is 4.39 Å². The lowest BCUT2D eigenvalue weighted by molar-refractivity contribution is 0.436. The first-order valence-electron chi connectivity index (χ1n) is 3.84. The van der Waals surface area contributed by atoms with E-state index in [1.807, 2.05) is 0 Å². The minimum atomic E-state index is -0.344. The third-order valence-electron chi connectivity index (χ3n) is 1.84. The average Bonchev–Trinajstić information content (AvgIpc) is 2.57. The molecule has 14 heavy (non-hydrogen) atoms. The lowest BCUT2D eigenvalue weighted by Crippen LogP contribution is -1.87. The van der Waals surface area contributed by atoms with E-state index < -0.39 is 0 Å². The van der Waals surface area contributed by atoms with Crippen LogP contribution in [0.3, 0.4) is 0 Å². The maximum atomic E-state index is 13.2. The van der Waals surface area contributed by atoms with E-state index >= 15 is 0 Å². The van der Waals surface area contributed by atoms with Gasteiger partial charge in [0.2, 0.25) is 5.88 Å². The van der Waals surface area contributed by atoms with Crippen molar-refractivity contribution in [3.63, 3.8) is 0 Å². The van der Waals surface area contributed by atoms with Crippen molar-refractivity contribution in [1.29, 1.82) is 0 Å². The van der Waals surface area contributed by atoms with Crippen LogP contribution in [-0.2, 0) is 0 Å². The molecule has 0 radical (unpaired) electrons. The summed E-state index contributed by atoms with van der Waals surface area (Å²) < 4.78 is 18.2. The lowest BCUT2D eigenvalue weighted by atomic mass is 10.1. The summed E-state index contributed by atoms with van der Waals surface area (Å²) in [5, 5.41) is 3.53. The van der Waals surface area contributed by atoms with Crippen LogP contribution in [0.15, 0.2) is 33.4 Å². The summed E-state index contributed by atoms with van der Waals surface area (Å²) in [5.74, 6) is -0.167. The van der Waals surface area contributed by atoms with Crippen LogP contribution in [0.1, 0.15) is 0 Å². The number of anilines is 1. The molecule has 0 aliphatic carbocycles. The Morgan fingerprint density at radius 1 is 1.36 bits per heavy atom. The second-order valence-corrected chi connectivity index (χ2v) is 3.50. The van der Waals surface area contributed by atoms with Gasteiger partial charge >= 0.3 is 0 Å². The molecule has 2 rings (SSSR count). The molecule has 2 aromatic rings. The molecule has 0 aliphatic heterocycles. The number of halogens is 2. The van der Waals surface area contributed by atoms with Crippen LogP contribution in [-0.4, -0.2) is 5.16 Å². The van der Waals surface area contributed by atoms with Crippen molar-refractivity contribution in [3.8, 4) is 11.1 Å². The molecule has 1 aromatic carbocycles. The molecule has 1 heterocycles. The topological polar surface area (TPSA) is 52.0 Å². The lowest BCUT2D eigenvalue weighted by Gasteiger charge is -2.01. The molecule has 0 spiro atoms. The minimum absolute atomic E-state index is 0.177. The second kappa shape index (κ2) is 3.42. The van der Waals surface area contributed by atoms with Crippen molar-refractivity contribution in [3.05, 3.63) is 34.7 Å². The highest BCUT2D eigenvalue weighted by Crippen LogP contribution is 2.33. The van der Waals surface area contributed by atoms with E-state index in [0.29, 0.717) is 15.6 Å². The summed E-state index contributed by atoms with van der Waals surface area (Å²) in [5.41, 5.74) is 6.73. The fourth-order valence-electron chi connectivity index (χ4n) is 1.16. The highest BCUT2D eigenvalue weighted by molar-refractivity contribution is 9.10. The predicted molar refractivity (Wildman–Crippen MR) is 54.0 cm³/mol. The van der Waals surface area contributed by atoms with Gasteiger partial charge in [0, 0.05) is 5.56 Å². The van der Waals surface area contributed by atoms with E-state index in [4.69, 9.17) is 10.3 Å². The van der Waals surface area contributed by atoms with E-state index in [1.54, 1.807) is 12.1 Å². The van der Waals surface area contributed by atoms with E-state index in [-0.39, 0.29) is 11.7 Å². The molecule has 0 fully saturated rings. The third kappa shape index (κ3) is 1.39. The smallest absolute Gasteiger partial charge is 0.229 e. The molecule has 3 nitrogen and oxygen atoms in total. The normalized spacial score (nSPS) is 10.4. The Balaban J connectivity index is 2.63. The van der Waals surface area contributed by atoms with Gasteiger partial charge in [-0.1, -0.05) is 17.3 Å². The highest BCUT2D eigenvalue weighted by Gasteiger charge is 2.12. The number of nitrogens with zero attached hydrogens (tertiary/aromatic N) is 1. The van der Waals surface area contributed by atoms with Crippen LogP contribution in [0.25, 0.3) is 11.1 Å². The molecule has 0 amide bonds. The van der Waals surface area contributed by atoms with Crippen LogP contribution in [0.4, 0.5) is 10.3 Å². The molecule has 72 valence electrons. The largest absolute Gasteiger partial charge is 0.367 e. The zero-order valence-electron chi connectivity index (χ0n) is 7.00. The molecule has 0 saturated carbocycles. The fraction of sp³-hybridized carbons (Fsp3) is 0. The predicted octanol–water partition coefficient (Wildman–Crippen LogP) is 2.83. The van der Waals surface area contributed by atoms with Crippen LogP contribution in [0.2, 0.25) is 0 Å². The number of hydrogen-bond donors (Lipinski definition) is 1. The van der Waals surface area contributed by atoms with Gasteiger partial charge in [-0.2, -0.15) is 0 Å². The van der Waals surface area contributed by atoms with Crippen LogP contribution in [0.5, 0.6) is 0 Å². The summed E-state index contributed by atoms with van der Waals surface area (Å²) >= 11 is 3.14. The zero-order valence-corrected chi connectivity index (χ0v) is 8.58. The van der Waals surface area contributed by atoms with Gasteiger partial charge in [-0.15, -0.1) is 0 Å². The molecule has 1 aromatic heterocycles. The molecule has 0 atom stereocenters. The standard InChI is InChI=1S/C9H6BrFN2O/c10-8-5(2-1-3-7(8)11)6-4-13-14-9(6)12/h1-4H,12H2. The Morgan fingerprint density at radius 2 is 2.14 bits per heavy atom. The maximum absolute atomic E-state index is 13.2. The Labute approximate surface area is 87.8 Å². The fourth-order valence-corrected chi connectivity index (χ4v) is 1.64. The molecule has 5 heteroatoms. The molecule has 2 N–H and O–H groups in total. The number of benzene rings is 1. The van der Waals surface area contributed by atoms with E-state index in [9.17, 15) is 4.39 Å². The van der Waals surface area contributed by atoms with E-state index in [0.717, 1.165) is 0 Å². The third-order valence-corrected chi connectivity index (χ3v) is 2.65. The first-order valence-corrected chi connectivity index (χ1v) is 4.64. The second-order valence-electron chi connectivity index (χ2n) is 2.71. The molecular weight excluding hydrogens is 251 g/mol. The number of rotatable bonds is 1. The zero-order chi connectivity index (χ0) is 10.1. The Bertz CT molecular complexity index is 470. The number of nitrogens with two attached hydrogens (primary N) is 1. The SMILES string of the molecule is Nc1oncc1-c1cccc(F)c1Br. The summed E-state index contributed by atoms with van der Waals surface area (Å²) in [6.45, 7) is 0. The van der Waals surface area contributed by atoms with Gasteiger partial charge in [0.05, 0.1) is 16.2 Å².